The monoisotopic (exact) mass is 314 g/mol. The molecule has 1 aliphatic rings. The normalized spacial score (nSPS) is 16.2. The van der Waals surface area contributed by atoms with Crippen LogP contribution in [0.25, 0.3) is 5.69 Å². The molecule has 2 aromatic rings. The molecule has 2 heterocycles. The summed E-state index contributed by atoms with van der Waals surface area (Å²) in [6, 6.07) is 4.18. The molecule has 0 bridgehead atoms. The highest BCUT2D eigenvalue weighted by molar-refractivity contribution is 7.09. The van der Waals surface area contributed by atoms with Gasteiger partial charge in [0.2, 0.25) is 4.80 Å². The molecule has 1 amide bonds. The van der Waals surface area contributed by atoms with Gasteiger partial charge in [-0.1, -0.05) is 0 Å². The number of benzene rings is 1. The summed E-state index contributed by atoms with van der Waals surface area (Å²) in [4.78, 5) is 15.2. The third-order valence-corrected chi connectivity index (χ3v) is 3.52. The van der Waals surface area contributed by atoms with Crippen molar-refractivity contribution in [3.05, 3.63) is 34.1 Å². The molecule has 0 unspecified atom stereocenters. The molecule has 110 valence electrons. The van der Waals surface area contributed by atoms with Crippen molar-refractivity contribution in [1.82, 2.24) is 4.57 Å². The van der Waals surface area contributed by atoms with Gasteiger partial charge in [-0.25, -0.2) is 4.79 Å². The Hall–Kier alpha value is -2.42. The molecule has 0 fully saturated rings. The van der Waals surface area contributed by atoms with Crippen LogP contribution >= 0.6 is 11.3 Å². The van der Waals surface area contributed by atoms with Crippen molar-refractivity contribution in [2.24, 2.45) is 4.99 Å². The molecule has 1 N–H and O–H groups in total. The predicted molar refractivity (Wildman–Crippen MR) is 68.2 cm³/mol. The van der Waals surface area contributed by atoms with Gasteiger partial charge >= 0.3 is 12.4 Å². The van der Waals surface area contributed by atoms with Gasteiger partial charge in [0.1, 0.15) is 0 Å². The number of rotatable bonds is 1. The number of fused-ring (bicyclic) bond motifs is 1. The maximum atomic E-state index is 13.0. The number of nitrogens with zero attached hydrogens (tertiary/aromatic N) is 2. The number of carbonyl (C=O) groups is 1. The van der Waals surface area contributed by atoms with E-state index in [0.717, 1.165) is 4.88 Å². The molecule has 9 heteroatoms. The second kappa shape index (κ2) is 4.55. The molecule has 0 spiro atoms. The molecule has 0 saturated heterocycles. The Morgan fingerprint density at radius 2 is 2.10 bits per heavy atom. The lowest BCUT2D eigenvalue weighted by Gasteiger charge is -2.04. The van der Waals surface area contributed by atoms with Crippen LogP contribution in [0, 0.1) is 6.92 Å². The maximum absolute atomic E-state index is 13.0. The smallest absolute Gasteiger partial charge is 0.463 e. The molecule has 0 radical (unpaired) electrons. The van der Waals surface area contributed by atoms with E-state index < -0.39 is 12.4 Å². The Morgan fingerprint density at radius 1 is 1.38 bits per heavy atom. The molecule has 1 aromatic carbocycles. The van der Waals surface area contributed by atoms with Crippen LogP contribution in [0.2, 0.25) is 0 Å². The van der Waals surface area contributed by atoms with E-state index in [9.17, 15) is 13.6 Å². The zero-order chi connectivity index (χ0) is 15.2. The molecule has 1 aliphatic heterocycles. The first-order chi connectivity index (χ1) is 9.84. The van der Waals surface area contributed by atoms with Crippen molar-refractivity contribution in [2.45, 2.75) is 13.2 Å². The van der Waals surface area contributed by atoms with Crippen molar-refractivity contribution in [3.8, 4) is 17.2 Å². The minimum Gasteiger partial charge on any atom is -0.463 e. The lowest BCUT2D eigenvalue weighted by atomic mass is 10.3. The average molecular weight is 314 g/mol. The Bertz CT molecular complexity index is 797. The Balaban J connectivity index is 2.10. The standard InChI is InChI=1S/C12H8F2N2O4S/c1-6-5-16(10(21-6)15-11(17)18)7-2-3-8-9(4-7)20-12(13,14)19-8/h2-5H,1H3,(H,17,18)/b15-10-. The topological polar surface area (TPSA) is 73.0 Å². The van der Waals surface area contributed by atoms with E-state index in [2.05, 4.69) is 14.5 Å². The summed E-state index contributed by atoms with van der Waals surface area (Å²) in [6.45, 7) is 1.78. The van der Waals surface area contributed by atoms with E-state index in [-0.39, 0.29) is 16.3 Å². The lowest BCUT2D eigenvalue weighted by molar-refractivity contribution is -0.286. The summed E-state index contributed by atoms with van der Waals surface area (Å²) in [5, 5.41) is 8.75. The molecule has 3 rings (SSSR count). The quantitative estimate of drug-likeness (QED) is 0.878. The Morgan fingerprint density at radius 3 is 2.81 bits per heavy atom. The van der Waals surface area contributed by atoms with Crippen LogP contribution in [-0.2, 0) is 0 Å². The summed E-state index contributed by atoms with van der Waals surface area (Å²) in [6.07, 6.45) is -3.37. The molecule has 6 nitrogen and oxygen atoms in total. The zero-order valence-corrected chi connectivity index (χ0v) is 11.4. The summed E-state index contributed by atoms with van der Waals surface area (Å²) in [5.41, 5.74) is 0.444. The van der Waals surface area contributed by atoms with Crippen LogP contribution in [0.15, 0.2) is 29.4 Å². The molecule has 0 saturated carbocycles. The number of alkyl halides is 2. The minimum absolute atomic E-state index is 0.0759. The molecule has 0 atom stereocenters. The molecular weight excluding hydrogens is 306 g/mol. The van der Waals surface area contributed by atoms with Crippen molar-refractivity contribution < 1.29 is 28.2 Å². The number of thiazole rings is 1. The molecule has 21 heavy (non-hydrogen) atoms. The van der Waals surface area contributed by atoms with Gasteiger partial charge in [-0.05, 0) is 19.1 Å². The highest BCUT2D eigenvalue weighted by Gasteiger charge is 2.43. The van der Waals surface area contributed by atoms with Crippen LogP contribution < -0.4 is 14.3 Å². The van der Waals surface area contributed by atoms with Crippen LogP contribution in [0.1, 0.15) is 4.88 Å². The summed E-state index contributed by atoms with van der Waals surface area (Å²) in [5.74, 6) is -0.192. The summed E-state index contributed by atoms with van der Waals surface area (Å²) >= 11 is 1.17. The molecular formula is C12H8F2N2O4S. The van der Waals surface area contributed by atoms with E-state index in [1.54, 1.807) is 13.1 Å². The van der Waals surface area contributed by atoms with Crippen molar-refractivity contribution >= 4 is 17.4 Å². The second-order valence-corrected chi connectivity index (χ2v) is 5.40. The van der Waals surface area contributed by atoms with Crippen molar-refractivity contribution in [2.75, 3.05) is 0 Å². The minimum atomic E-state index is -3.69. The number of carboxylic acid groups (broad SMARTS) is 1. The molecule has 1 aromatic heterocycles. The van der Waals surface area contributed by atoms with E-state index in [1.165, 1.54) is 34.1 Å². The molecule has 0 aliphatic carbocycles. The van der Waals surface area contributed by atoms with Gasteiger partial charge in [-0.3, -0.25) is 4.57 Å². The number of hydrogen-bond donors (Lipinski definition) is 1. The van der Waals surface area contributed by atoms with Crippen molar-refractivity contribution in [1.29, 1.82) is 0 Å². The van der Waals surface area contributed by atoms with Crippen LogP contribution in [0.4, 0.5) is 13.6 Å². The van der Waals surface area contributed by atoms with Gasteiger partial charge in [0, 0.05) is 17.1 Å². The van der Waals surface area contributed by atoms with Crippen LogP contribution in [0.5, 0.6) is 11.5 Å². The van der Waals surface area contributed by atoms with Gasteiger partial charge in [0.05, 0.1) is 5.69 Å². The number of aromatic nitrogens is 1. The third kappa shape index (κ3) is 2.59. The number of hydrogen-bond acceptors (Lipinski definition) is 4. The van der Waals surface area contributed by atoms with Gasteiger partial charge in [0.25, 0.3) is 0 Å². The second-order valence-electron chi connectivity index (χ2n) is 4.19. The van der Waals surface area contributed by atoms with E-state index in [4.69, 9.17) is 5.11 Å². The van der Waals surface area contributed by atoms with Gasteiger partial charge < -0.3 is 14.6 Å². The lowest BCUT2D eigenvalue weighted by Crippen LogP contribution is -2.25. The average Bonchev–Trinajstić information content (AvgIpc) is 2.85. The van der Waals surface area contributed by atoms with E-state index in [0.29, 0.717) is 5.69 Å². The third-order valence-electron chi connectivity index (χ3n) is 2.62. The van der Waals surface area contributed by atoms with Crippen LogP contribution in [0.3, 0.4) is 0 Å². The van der Waals surface area contributed by atoms with Gasteiger partial charge in [0.15, 0.2) is 11.5 Å². The number of amides is 1. The predicted octanol–water partition coefficient (Wildman–Crippen LogP) is 2.75. The fourth-order valence-electron chi connectivity index (χ4n) is 1.89. The van der Waals surface area contributed by atoms with Gasteiger partial charge in [-0.2, -0.15) is 0 Å². The fourth-order valence-corrected chi connectivity index (χ4v) is 2.71. The van der Waals surface area contributed by atoms with Crippen molar-refractivity contribution in [3.63, 3.8) is 0 Å². The summed E-state index contributed by atoms with van der Waals surface area (Å²) < 4.78 is 36.1. The fraction of sp³-hybridized carbons (Fsp3) is 0.167. The zero-order valence-electron chi connectivity index (χ0n) is 10.5. The first-order valence-electron chi connectivity index (χ1n) is 5.71. The number of halogens is 2. The van der Waals surface area contributed by atoms with E-state index in [1.807, 2.05) is 0 Å². The first-order valence-corrected chi connectivity index (χ1v) is 6.53. The Labute approximate surface area is 120 Å². The van der Waals surface area contributed by atoms with E-state index >= 15 is 0 Å². The highest BCUT2D eigenvalue weighted by Crippen LogP contribution is 2.41. The number of aryl methyl sites for hydroxylation is 1. The Kier molecular flexibility index (Phi) is 2.94. The highest BCUT2D eigenvalue weighted by atomic mass is 32.1. The van der Waals surface area contributed by atoms with Crippen LogP contribution in [-0.4, -0.2) is 22.1 Å². The largest absolute Gasteiger partial charge is 0.586 e. The SMILES string of the molecule is Cc1cn(-c2ccc3c(c2)OC(F)(F)O3)/c(=N/C(=O)O)s1. The number of ether oxygens (including phenoxy) is 2. The summed E-state index contributed by atoms with van der Waals surface area (Å²) in [7, 11) is 0. The maximum Gasteiger partial charge on any atom is 0.586 e. The first kappa shape index (κ1) is 13.6. The van der Waals surface area contributed by atoms with Gasteiger partial charge in [-0.15, -0.1) is 25.1 Å².